The second-order valence-electron chi connectivity index (χ2n) is 5.44. The lowest BCUT2D eigenvalue weighted by Crippen LogP contribution is -2.09. The molecule has 21 heavy (non-hydrogen) atoms. The van der Waals surface area contributed by atoms with E-state index in [9.17, 15) is 0 Å². The molecule has 0 saturated heterocycles. The Morgan fingerprint density at radius 3 is 2.48 bits per heavy atom. The number of rotatable bonds is 2. The van der Waals surface area contributed by atoms with Gasteiger partial charge in [-0.2, -0.15) is 0 Å². The molecule has 102 valence electrons. The fraction of sp³-hybridized carbons (Fsp3) is 0.105. The van der Waals surface area contributed by atoms with Crippen molar-refractivity contribution in [1.82, 2.24) is 4.98 Å². The average Bonchev–Trinajstić information content (AvgIpc) is 2.82. The van der Waals surface area contributed by atoms with Gasteiger partial charge in [0.25, 0.3) is 0 Å². The summed E-state index contributed by atoms with van der Waals surface area (Å²) < 4.78 is 0. The molecule has 0 bridgehead atoms. The summed E-state index contributed by atoms with van der Waals surface area (Å²) in [5.74, 6) is 0. The van der Waals surface area contributed by atoms with Crippen molar-refractivity contribution in [2.45, 2.75) is 13.0 Å². The van der Waals surface area contributed by atoms with Crippen molar-refractivity contribution < 1.29 is 0 Å². The van der Waals surface area contributed by atoms with Gasteiger partial charge in [0.2, 0.25) is 0 Å². The number of benzene rings is 2. The van der Waals surface area contributed by atoms with Crippen LogP contribution in [0.3, 0.4) is 0 Å². The minimum atomic E-state index is 0.173. The summed E-state index contributed by atoms with van der Waals surface area (Å²) in [7, 11) is 0. The molecule has 2 heteroatoms. The zero-order valence-corrected chi connectivity index (χ0v) is 11.9. The van der Waals surface area contributed by atoms with Gasteiger partial charge in [-0.1, -0.05) is 42.5 Å². The van der Waals surface area contributed by atoms with Crippen LogP contribution in [0.1, 0.15) is 22.9 Å². The Hall–Kier alpha value is -2.61. The van der Waals surface area contributed by atoms with E-state index in [2.05, 4.69) is 64.9 Å². The molecule has 1 N–H and O–H groups in total. The van der Waals surface area contributed by atoms with E-state index in [4.69, 9.17) is 0 Å². The molecule has 1 aliphatic carbocycles. The van der Waals surface area contributed by atoms with Gasteiger partial charge in [-0.25, -0.2) is 0 Å². The van der Waals surface area contributed by atoms with Crippen LogP contribution in [0.4, 0.5) is 5.69 Å². The van der Waals surface area contributed by atoms with Crippen molar-refractivity contribution >= 4 is 5.69 Å². The Labute approximate surface area is 124 Å². The number of aromatic nitrogens is 1. The summed E-state index contributed by atoms with van der Waals surface area (Å²) in [6, 6.07) is 21.3. The molecule has 0 amide bonds. The molecule has 0 spiro atoms. The van der Waals surface area contributed by atoms with Crippen molar-refractivity contribution in [3.8, 4) is 11.1 Å². The normalized spacial score (nSPS) is 15.4. The number of aryl methyl sites for hydroxylation is 1. The third-order valence-corrected chi connectivity index (χ3v) is 4.03. The minimum absolute atomic E-state index is 0.173. The van der Waals surface area contributed by atoms with E-state index in [0.717, 1.165) is 11.4 Å². The summed E-state index contributed by atoms with van der Waals surface area (Å²) in [5.41, 5.74) is 7.38. The second-order valence-corrected chi connectivity index (χ2v) is 5.44. The fourth-order valence-electron chi connectivity index (χ4n) is 3.05. The van der Waals surface area contributed by atoms with E-state index < -0.39 is 0 Å². The molecule has 0 unspecified atom stereocenters. The molecule has 1 aliphatic rings. The van der Waals surface area contributed by atoms with Crippen molar-refractivity contribution in [1.29, 1.82) is 0 Å². The van der Waals surface area contributed by atoms with Gasteiger partial charge in [-0.05, 0) is 41.8 Å². The molecule has 0 aliphatic heterocycles. The van der Waals surface area contributed by atoms with Crippen LogP contribution in [-0.2, 0) is 0 Å². The van der Waals surface area contributed by atoms with Crippen molar-refractivity contribution in [2.75, 3.05) is 5.32 Å². The van der Waals surface area contributed by atoms with Crippen LogP contribution >= 0.6 is 0 Å². The first-order chi connectivity index (χ1) is 10.3. The van der Waals surface area contributed by atoms with Gasteiger partial charge in [0.1, 0.15) is 0 Å². The number of nitrogens with zero attached hydrogens (tertiary/aromatic N) is 1. The lowest BCUT2D eigenvalue weighted by atomic mass is 10.1. The van der Waals surface area contributed by atoms with Gasteiger partial charge >= 0.3 is 0 Å². The Morgan fingerprint density at radius 2 is 1.62 bits per heavy atom. The highest BCUT2D eigenvalue weighted by Crippen LogP contribution is 2.44. The standard InChI is InChI=1S/C19H16N2/c1-13-11-17-15-9-5-6-10-16(15)19(18(17)12-20-13)21-14-7-3-2-4-8-14/h2-12,19,21H,1H3/t19-/m1/s1. The number of para-hydroxylation sites is 1. The zero-order valence-electron chi connectivity index (χ0n) is 11.9. The lowest BCUT2D eigenvalue weighted by molar-refractivity contribution is 0.958. The Balaban J connectivity index is 1.85. The third-order valence-electron chi connectivity index (χ3n) is 4.03. The van der Waals surface area contributed by atoms with Crippen molar-refractivity contribution in [3.05, 3.63) is 83.7 Å². The Kier molecular flexibility index (Phi) is 2.74. The van der Waals surface area contributed by atoms with Gasteiger partial charge < -0.3 is 5.32 Å². The molecule has 3 aromatic rings. The van der Waals surface area contributed by atoms with Crippen LogP contribution in [-0.4, -0.2) is 4.98 Å². The smallest absolute Gasteiger partial charge is 0.0794 e. The first-order valence-corrected chi connectivity index (χ1v) is 7.20. The predicted octanol–water partition coefficient (Wildman–Crippen LogP) is 4.57. The first kappa shape index (κ1) is 12.2. The van der Waals surface area contributed by atoms with Crippen molar-refractivity contribution in [3.63, 3.8) is 0 Å². The van der Waals surface area contributed by atoms with Gasteiger partial charge in [-0.15, -0.1) is 0 Å². The van der Waals surface area contributed by atoms with Crippen LogP contribution in [0.25, 0.3) is 11.1 Å². The van der Waals surface area contributed by atoms with E-state index in [1.165, 1.54) is 22.3 Å². The number of hydrogen-bond donors (Lipinski definition) is 1. The second kappa shape index (κ2) is 4.74. The third kappa shape index (κ3) is 2.00. The molecule has 1 aromatic heterocycles. The first-order valence-electron chi connectivity index (χ1n) is 7.20. The summed E-state index contributed by atoms with van der Waals surface area (Å²) in [5, 5.41) is 3.63. The average molecular weight is 272 g/mol. The SMILES string of the molecule is Cc1cc2c(cn1)[C@H](Nc1ccccc1)c1ccccc1-2. The van der Waals surface area contributed by atoms with Crippen molar-refractivity contribution in [2.24, 2.45) is 0 Å². The lowest BCUT2D eigenvalue weighted by Gasteiger charge is -2.17. The monoisotopic (exact) mass is 272 g/mol. The number of fused-ring (bicyclic) bond motifs is 3. The number of anilines is 1. The maximum absolute atomic E-state index is 4.49. The molecule has 0 fully saturated rings. The van der Waals surface area contributed by atoms with Crippen LogP contribution in [0.15, 0.2) is 66.9 Å². The quantitative estimate of drug-likeness (QED) is 0.739. The summed E-state index contributed by atoms with van der Waals surface area (Å²) in [6.07, 6.45) is 2.01. The van der Waals surface area contributed by atoms with Crippen LogP contribution < -0.4 is 5.32 Å². The topological polar surface area (TPSA) is 24.9 Å². The summed E-state index contributed by atoms with van der Waals surface area (Å²) >= 11 is 0. The number of nitrogens with one attached hydrogen (secondary N) is 1. The molecule has 0 radical (unpaired) electrons. The van der Waals surface area contributed by atoms with E-state index >= 15 is 0 Å². The number of pyridine rings is 1. The number of hydrogen-bond acceptors (Lipinski definition) is 2. The summed E-state index contributed by atoms with van der Waals surface area (Å²) in [6.45, 7) is 2.04. The van der Waals surface area contributed by atoms with E-state index in [1.807, 2.05) is 19.2 Å². The van der Waals surface area contributed by atoms with Gasteiger partial charge in [-0.3, -0.25) is 4.98 Å². The molecule has 1 atom stereocenters. The maximum atomic E-state index is 4.49. The summed E-state index contributed by atoms with van der Waals surface area (Å²) in [4.78, 5) is 4.49. The highest BCUT2D eigenvalue weighted by molar-refractivity contribution is 5.80. The van der Waals surface area contributed by atoms with E-state index in [-0.39, 0.29) is 6.04 Å². The molecule has 1 heterocycles. The maximum Gasteiger partial charge on any atom is 0.0794 e. The molecule has 2 aromatic carbocycles. The van der Waals surface area contributed by atoms with Gasteiger partial charge in [0, 0.05) is 23.1 Å². The van der Waals surface area contributed by atoms with E-state index in [0.29, 0.717) is 0 Å². The highest BCUT2D eigenvalue weighted by Gasteiger charge is 2.28. The van der Waals surface area contributed by atoms with Crippen LogP contribution in [0.2, 0.25) is 0 Å². The Bertz CT molecular complexity index is 794. The predicted molar refractivity (Wildman–Crippen MR) is 86.3 cm³/mol. The van der Waals surface area contributed by atoms with Crippen LogP contribution in [0, 0.1) is 6.92 Å². The van der Waals surface area contributed by atoms with Gasteiger partial charge in [0.05, 0.1) is 6.04 Å². The Morgan fingerprint density at radius 1 is 0.857 bits per heavy atom. The van der Waals surface area contributed by atoms with Crippen LogP contribution in [0.5, 0.6) is 0 Å². The minimum Gasteiger partial charge on any atom is -0.374 e. The molecule has 2 nitrogen and oxygen atoms in total. The molecule has 4 rings (SSSR count). The highest BCUT2D eigenvalue weighted by atomic mass is 14.9. The largest absolute Gasteiger partial charge is 0.374 e. The van der Waals surface area contributed by atoms with E-state index in [1.54, 1.807) is 0 Å². The zero-order chi connectivity index (χ0) is 14.2. The molecular weight excluding hydrogens is 256 g/mol. The molecule has 0 saturated carbocycles. The molecular formula is C19H16N2. The fourth-order valence-corrected chi connectivity index (χ4v) is 3.05. The van der Waals surface area contributed by atoms with Gasteiger partial charge in [0.15, 0.2) is 0 Å².